The lowest BCUT2D eigenvalue weighted by molar-refractivity contribution is 0.0797. The summed E-state index contributed by atoms with van der Waals surface area (Å²) in [5, 5.41) is 12.9. The van der Waals surface area contributed by atoms with Crippen LogP contribution in [0.25, 0.3) is 11.1 Å². The van der Waals surface area contributed by atoms with Gasteiger partial charge in [-0.25, -0.2) is 4.79 Å². The van der Waals surface area contributed by atoms with Crippen molar-refractivity contribution in [3.05, 3.63) is 70.2 Å². The zero-order chi connectivity index (χ0) is 18.6. The Balaban J connectivity index is 1.70. The van der Waals surface area contributed by atoms with Crippen molar-refractivity contribution in [1.82, 2.24) is 9.88 Å². The molecule has 26 heavy (non-hydrogen) atoms. The maximum Gasteiger partial charge on any atom is 0.419 e. The van der Waals surface area contributed by atoms with Gasteiger partial charge in [0.25, 0.3) is 0 Å². The lowest BCUT2D eigenvalue weighted by Gasteiger charge is -2.17. The highest BCUT2D eigenvalue weighted by Gasteiger charge is 2.13. The van der Waals surface area contributed by atoms with Crippen LogP contribution in [-0.4, -0.2) is 28.4 Å². The number of benzene rings is 2. The lowest BCUT2D eigenvalue weighted by atomic mass is 10.0. The third kappa shape index (κ3) is 4.84. The van der Waals surface area contributed by atoms with Gasteiger partial charge in [-0.15, -0.1) is 0 Å². The molecule has 0 radical (unpaired) electrons. The van der Waals surface area contributed by atoms with E-state index in [-0.39, 0.29) is 5.76 Å². The molecule has 0 saturated carbocycles. The number of aryl methyl sites for hydroxylation is 2. The van der Waals surface area contributed by atoms with Crippen molar-refractivity contribution in [2.75, 3.05) is 13.1 Å². The van der Waals surface area contributed by atoms with E-state index >= 15 is 0 Å². The van der Waals surface area contributed by atoms with Gasteiger partial charge in [0.2, 0.25) is 0 Å². The second kappa shape index (κ2) is 7.89. The molecule has 138 valence electrons. The molecule has 1 aromatic heterocycles. The quantitative estimate of drug-likeness (QED) is 0.611. The zero-order valence-electron chi connectivity index (χ0n) is 15.4. The van der Waals surface area contributed by atoms with Gasteiger partial charge < -0.3 is 14.8 Å². The average Bonchev–Trinajstić information content (AvgIpc) is 2.92. The molecule has 5 nitrogen and oxygen atoms in total. The van der Waals surface area contributed by atoms with Crippen molar-refractivity contribution < 1.29 is 9.52 Å². The van der Waals surface area contributed by atoms with Gasteiger partial charge in [0.15, 0.2) is 5.58 Å². The maximum atomic E-state index is 12.1. The molecule has 0 atom stereocenters. The molecule has 0 amide bonds. The molecule has 0 fully saturated rings. The molecule has 0 spiro atoms. The monoisotopic (exact) mass is 354 g/mol. The predicted molar refractivity (Wildman–Crippen MR) is 103 cm³/mol. The Labute approximate surface area is 153 Å². The maximum absolute atomic E-state index is 12.1. The van der Waals surface area contributed by atoms with E-state index in [9.17, 15) is 9.90 Å². The van der Waals surface area contributed by atoms with Crippen LogP contribution >= 0.6 is 0 Å². The molecule has 0 aliphatic heterocycles. The molecule has 0 unspecified atom stereocenters. The third-order valence-corrected chi connectivity index (χ3v) is 4.35. The SMILES string of the molecule is CC(C)(O)CNCCn1c(=O)oc2ccc(CCc3ccccc3)cc21. The summed E-state index contributed by atoms with van der Waals surface area (Å²) in [6, 6.07) is 16.3. The minimum Gasteiger partial charge on any atom is -0.408 e. The van der Waals surface area contributed by atoms with Gasteiger partial charge >= 0.3 is 5.76 Å². The second-order valence-corrected chi connectivity index (χ2v) is 7.30. The summed E-state index contributed by atoms with van der Waals surface area (Å²) in [6.45, 7) is 5.06. The minimum atomic E-state index is -0.770. The predicted octanol–water partition coefficient (Wildman–Crippen LogP) is 2.74. The summed E-state index contributed by atoms with van der Waals surface area (Å²) in [5.74, 6) is -0.342. The van der Waals surface area contributed by atoms with Crippen molar-refractivity contribution in [3.63, 3.8) is 0 Å². The molecular weight excluding hydrogens is 328 g/mol. The standard InChI is InChI=1S/C21H26N2O3/c1-21(2,25)15-22-12-13-23-18-14-17(10-11-19(18)26-20(23)24)9-8-16-6-4-3-5-7-16/h3-7,10-11,14,22,25H,8-9,12-13,15H2,1-2H3. The van der Waals surface area contributed by atoms with Gasteiger partial charge in [-0.3, -0.25) is 4.57 Å². The summed E-state index contributed by atoms with van der Waals surface area (Å²) in [7, 11) is 0. The fourth-order valence-electron chi connectivity index (χ4n) is 2.99. The first-order chi connectivity index (χ1) is 12.4. The first-order valence-electron chi connectivity index (χ1n) is 9.02. The van der Waals surface area contributed by atoms with Crippen LogP contribution in [0.2, 0.25) is 0 Å². The van der Waals surface area contributed by atoms with E-state index < -0.39 is 5.60 Å². The first kappa shape index (κ1) is 18.4. The van der Waals surface area contributed by atoms with E-state index in [1.165, 1.54) is 11.1 Å². The largest absolute Gasteiger partial charge is 0.419 e. The molecule has 0 aliphatic carbocycles. The Hall–Kier alpha value is -2.37. The Morgan fingerprint density at radius 3 is 2.54 bits per heavy atom. The fraction of sp³-hybridized carbons (Fsp3) is 0.381. The third-order valence-electron chi connectivity index (χ3n) is 4.35. The topological polar surface area (TPSA) is 67.4 Å². The highest BCUT2D eigenvalue weighted by Crippen LogP contribution is 2.17. The summed E-state index contributed by atoms with van der Waals surface area (Å²) in [6.07, 6.45) is 1.87. The number of nitrogens with zero attached hydrogens (tertiary/aromatic N) is 1. The zero-order valence-corrected chi connectivity index (χ0v) is 15.4. The first-order valence-corrected chi connectivity index (χ1v) is 9.02. The summed E-state index contributed by atoms with van der Waals surface area (Å²) in [4.78, 5) is 12.1. The van der Waals surface area contributed by atoms with E-state index in [1.807, 2.05) is 36.4 Å². The smallest absolute Gasteiger partial charge is 0.408 e. The van der Waals surface area contributed by atoms with Crippen molar-refractivity contribution in [2.24, 2.45) is 0 Å². The van der Waals surface area contributed by atoms with E-state index in [4.69, 9.17) is 4.42 Å². The number of aliphatic hydroxyl groups is 1. The van der Waals surface area contributed by atoms with Crippen molar-refractivity contribution in [3.8, 4) is 0 Å². The highest BCUT2D eigenvalue weighted by molar-refractivity contribution is 5.73. The molecule has 2 N–H and O–H groups in total. The number of aromatic nitrogens is 1. The summed E-state index contributed by atoms with van der Waals surface area (Å²) in [5.41, 5.74) is 3.15. The van der Waals surface area contributed by atoms with Crippen LogP contribution in [0.15, 0.2) is 57.7 Å². The molecule has 5 heteroatoms. The van der Waals surface area contributed by atoms with Crippen molar-refractivity contribution in [1.29, 1.82) is 0 Å². The lowest BCUT2D eigenvalue weighted by Crippen LogP contribution is -2.36. The van der Waals surface area contributed by atoms with E-state index in [0.717, 1.165) is 18.4 Å². The van der Waals surface area contributed by atoms with Crippen LogP contribution in [0.4, 0.5) is 0 Å². The Morgan fingerprint density at radius 2 is 1.81 bits per heavy atom. The van der Waals surface area contributed by atoms with Crippen LogP contribution in [0.1, 0.15) is 25.0 Å². The van der Waals surface area contributed by atoms with Gasteiger partial charge in [-0.1, -0.05) is 36.4 Å². The van der Waals surface area contributed by atoms with Crippen molar-refractivity contribution in [2.45, 2.75) is 38.8 Å². The van der Waals surface area contributed by atoms with Crippen LogP contribution < -0.4 is 11.1 Å². The molecule has 3 aromatic rings. The van der Waals surface area contributed by atoms with Crippen LogP contribution in [0, 0.1) is 0 Å². The number of fused-ring (bicyclic) bond motifs is 1. The molecule has 3 rings (SSSR count). The van der Waals surface area contributed by atoms with Gasteiger partial charge in [0, 0.05) is 19.6 Å². The van der Waals surface area contributed by atoms with Gasteiger partial charge in [-0.2, -0.15) is 0 Å². The normalized spacial score (nSPS) is 12.0. The Morgan fingerprint density at radius 1 is 1.08 bits per heavy atom. The van der Waals surface area contributed by atoms with Crippen molar-refractivity contribution >= 4 is 11.1 Å². The van der Waals surface area contributed by atoms with E-state index in [0.29, 0.717) is 25.2 Å². The average molecular weight is 354 g/mol. The molecule has 1 heterocycles. The summed E-state index contributed by atoms with van der Waals surface area (Å²) < 4.78 is 7.00. The van der Waals surface area contributed by atoms with Crippen LogP contribution in [-0.2, 0) is 19.4 Å². The molecule has 0 saturated heterocycles. The number of nitrogens with one attached hydrogen (secondary N) is 1. The molecule has 2 aromatic carbocycles. The Kier molecular flexibility index (Phi) is 5.59. The van der Waals surface area contributed by atoms with Gasteiger partial charge in [0.1, 0.15) is 0 Å². The fourth-order valence-corrected chi connectivity index (χ4v) is 2.99. The number of hydrogen-bond acceptors (Lipinski definition) is 4. The van der Waals surface area contributed by atoms with E-state index in [2.05, 4.69) is 17.4 Å². The molecule has 0 aliphatic rings. The number of hydrogen-bond donors (Lipinski definition) is 2. The van der Waals surface area contributed by atoms with Gasteiger partial charge in [-0.05, 0) is 49.9 Å². The van der Waals surface area contributed by atoms with Crippen LogP contribution in [0.3, 0.4) is 0 Å². The molecular formula is C21H26N2O3. The second-order valence-electron chi connectivity index (χ2n) is 7.30. The number of oxazole rings is 1. The van der Waals surface area contributed by atoms with Crippen LogP contribution in [0.5, 0.6) is 0 Å². The Bertz CT molecular complexity index is 904. The van der Waals surface area contributed by atoms with E-state index in [1.54, 1.807) is 18.4 Å². The summed E-state index contributed by atoms with van der Waals surface area (Å²) >= 11 is 0. The minimum absolute atomic E-state index is 0.342. The highest BCUT2D eigenvalue weighted by atomic mass is 16.4. The molecule has 0 bridgehead atoms. The number of rotatable bonds is 8. The van der Waals surface area contributed by atoms with Gasteiger partial charge in [0.05, 0.1) is 11.1 Å².